The Hall–Kier alpha value is -1.26. The van der Waals surface area contributed by atoms with Crippen LogP contribution in [-0.2, 0) is 0 Å². The molecule has 0 N–H and O–H groups in total. The van der Waals surface area contributed by atoms with E-state index in [4.69, 9.17) is 0 Å². The van der Waals surface area contributed by atoms with Crippen LogP contribution in [0, 0.1) is 36.1 Å². The van der Waals surface area contributed by atoms with Gasteiger partial charge in [-0.2, -0.15) is 0 Å². The highest BCUT2D eigenvalue weighted by Gasteiger charge is 2.27. The molecule has 0 amide bonds. The second-order valence-electron chi connectivity index (χ2n) is 8.54. The van der Waals surface area contributed by atoms with Crippen LogP contribution in [0.25, 0.3) is 0 Å². The topological polar surface area (TPSA) is 3.24 Å². The number of unbranched alkanes of at least 4 members (excludes halogenated alkanes) is 7. The Morgan fingerprint density at radius 3 is 1.83 bits per heavy atom. The maximum absolute atomic E-state index is 14.8. The van der Waals surface area contributed by atoms with Crippen molar-refractivity contribution in [1.82, 2.24) is 0 Å². The summed E-state index contributed by atoms with van der Waals surface area (Å²) in [5.41, 5.74) is -0.853. The summed E-state index contributed by atoms with van der Waals surface area (Å²) >= 11 is 0. The molecule has 0 aromatic heterocycles. The standard InChI is InChI=1S/C25H41F4N/c1-5-8-10-11-12-13-14-17-30(18-16-20(7-3)15-9-6-2)25-22(27)19(4)21(26)23(28)24(25)29/h20H,5-18H2,1-4H3. The first-order valence-corrected chi connectivity index (χ1v) is 12.0. The van der Waals surface area contributed by atoms with Gasteiger partial charge in [0.2, 0.25) is 0 Å². The van der Waals surface area contributed by atoms with Crippen molar-refractivity contribution >= 4 is 5.69 Å². The van der Waals surface area contributed by atoms with Crippen LogP contribution in [-0.4, -0.2) is 13.1 Å². The van der Waals surface area contributed by atoms with E-state index in [1.165, 1.54) is 26.2 Å². The van der Waals surface area contributed by atoms with Crippen LogP contribution in [0.15, 0.2) is 0 Å². The highest BCUT2D eigenvalue weighted by Crippen LogP contribution is 2.32. The number of hydrogen-bond acceptors (Lipinski definition) is 1. The number of halogens is 4. The van der Waals surface area contributed by atoms with E-state index in [2.05, 4.69) is 20.8 Å². The minimum Gasteiger partial charge on any atom is -0.367 e. The summed E-state index contributed by atoms with van der Waals surface area (Å²) < 4.78 is 57.2. The molecule has 1 rings (SSSR count). The van der Waals surface area contributed by atoms with Gasteiger partial charge in [-0.15, -0.1) is 0 Å². The second-order valence-corrected chi connectivity index (χ2v) is 8.54. The number of benzene rings is 1. The molecule has 0 aliphatic rings. The minimum atomic E-state index is -1.58. The zero-order valence-corrected chi connectivity index (χ0v) is 19.4. The fraction of sp³-hybridized carbons (Fsp3) is 0.760. The number of anilines is 1. The molecule has 0 spiro atoms. The van der Waals surface area contributed by atoms with Gasteiger partial charge in [0.25, 0.3) is 0 Å². The smallest absolute Gasteiger partial charge is 0.197 e. The molecule has 0 saturated carbocycles. The maximum Gasteiger partial charge on any atom is 0.197 e. The quantitative estimate of drug-likeness (QED) is 0.109. The molecule has 174 valence electrons. The third kappa shape index (κ3) is 8.11. The predicted octanol–water partition coefficient (Wildman–Crippen LogP) is 8.71. The average molecular weight is 432 g/mol. The number of hydrogen-bond donors (Lipinski definition) is 0. The Bertz CT molecular complexity index is 589. The number of rotatable bonds is 16. The van der Waals surface area contributed by atoms with Gasteiger partial charge in [-0.1, -0.05) is 85.0 Å². The van der Waals surface area contributed by atoms with Gasteiger partial charge in [-0.3, -0.25) is 0 Å². The molecule has 0 radical (unpaired) electrons. The summed E-state index contributed by atoms with van der Waals surface area (Å²) in [6.45, 7) is 8.53. The Kier molecular flexibility index (Phi) is 13.1. The van der Waals surface area contributed by atoms with E-state index >= 15 is 0 Å². The van der Waals surface area contributed by atoms with E-state index in [1.807, 2.05) is 0 Å². The molecule has 1 unspecified atom stereocenters. The first-order chi connectivity index (χ1) is 14.4. The third-order valence-electron chi connectivity index (χ3n) is 6.16. The van der Waals surface area contributed by atoms with Crippen molar-refractivity contribution in [3.63, 3.8) is 0 Å². The van der Waals surface area contributed by atoms with E-state index in [0.717, 1.165) is 57.8 Å². The number of nitrogens with zero attached hydrogens (tertiary/aromatic N) is 1. The van der Waals surface area contributed by atoms with E-state index < -0.39 is 34.5 Å². The van der Waals surface area contributed by atoms with Crippen LogP contribution in [0.2, 0.25) is 0 Å². The molecular formula is C25H41F4N. The zero-order valence-electron chi connectivity index (χ0n) is 19.4. The summed E-state index contributed by atoms with van der Waals surface area (Å²) in [7, 11) is 0. The molecule has 5 heteroatoms. The van der Waals surface area contributed by atoms with Gasteiger partial charge in [0.1, 0.15) is 5.69 Å². The zero-order chi connectivity index (χ0) is 22.5. The normalized spacial score (nSPS) is 12.4. The van der Waals surface area contributed by atoms with Gasteiger partial charge in [0.15, 0.2) is 23.3 Å². The van der Waals surface area contributed by atoms with Gasteiger partial charge in [-0.25, -0.2) is 17.6 Å². The predicted molar refractivity (Wildman–Crippen MR) is 119 cm³/mol. The van der Waals surface area contributed by atoms with Crippen LogP contribution in [0.3, 0.4) is 0 Å². The molecule has 0 saturated heterocycles. The lowest BCUT2D eigenvalue weighted by Gasteiger charge is -2.28. The van der Waals surface area contributed by atoms with Crippen LogP contribution in [0.1, 0.15) is 103 Å². The Labute approximate surface area is 181 Å². The lowest BCUT2D eigenvalue weighted by atomic mass is 9.95. The molecule has 1 aromatic rings. The van der Waals surface area contributed by atoms with E-state index in [1.54, 1.807) is 4.90 Å². The molecule has 0 fully saturated rings. The maximum atomic E-state index is 14.8. The highest BCUT2D eigenvalue weighted by molar-refractivity contribution is 5.52. The largest absolute Gasteiger partial charge is 0.367 e. The van der Waals surface area contributed by atoms with Crippen LogP contribution < -0.4 is 4.90 Å². The third-order valence-corrected chi connectivity index (χ3v) is 6.16. The van der Waals surface area contributed by atoms with Crippen molar-refractivity contribution in [2.75, 3.05) is 18.0 Å². The molecule has 0 heterocycles. The summed E-state index contributed by atoms with van der Waals surface area (Å²) in [5, 5.41) is 0. The molecule has 0 aliphatic heterocycles. The van der Waals surface area contributed by atoms with Crippen molar-refractivity contribution in [2.45, 2.75) is 105 Å². The van der Waals surface area contributed by atoms with Crippen LogP contribution in [0.5, 0.6) is 0 Å². The van der Waals surface area contributed by atoms with Crippen molar-refractivity contribution in [1.29, 1.82) is 0 Å². The Balaban J connectivity index is 2.90. The van der Waals surface area contributed by atoms with Gasteiger partial charge < -0.3 is 4.90 Å². The van der Waals surface area contributed by atoms with Crippen LogP contribution in [0.4, 0.5) is 23.2 Å². The molecule has 0 bridgehead atoms. The molecule has 1 aromatic carbocycles. The summed E-state index contributed by atoms with van der Waals surface area (Å²) in [5.74, 6) is -4.92. The Morgan fingerprint density at radius 1 is 0.633 bits per heavy atom. The SMILES string of the molecule is CCCCCCCCCN(CCC(CC)CCCC)c1c(F)c(C)c(F)c(F)c1F. The molecule has 1 nitrogen and oxygen atoms in total. The summed E-state index contributed by atoms with van der Waals surface area (Å²) in [6, 6.07) is 0. The van der Waals surface area contributed by atoms with E-state index in [-0.39, 0.29) is 0 Å². The first kappa shape index (κ1) is 26.8. The van der Waals surface area contributed by atoms with Crippen molar-refractivity contribution in [3.8, 4) is 0 Å². The molecule has 1 atom stereocenters. The Morgan fingerprint density at radius 2 is 1.23 bits per heavy atom. The van der Waals surface area contributed by atoms with Crippen molar-refractivity contribution < 1.29 is 17.6 Å². The van der Waals surface area contributed by atoms with Gasteiger partial charge >= 0.3 is 0 Å². The summed E-state index contributed by atoms with van der Waals surface area (Å²) in [6.07, 6.45) is 12.8. The van der Waals surface area contributed by atoms with Gasteiger partial charge in [0, 0.05) is 18.7 Å². The average Bonchev–Trinajstić information content (AvgIpc) is 2.75. The molecule has 30 heavy (non-hydrogen) atoms. The second kappa shape index (κ2) is 14.7. The first-order valence-electron chi connectivity index (χ1n) is 12.0. The van der Waals surface area contributed by atoms with E-state index in [9.17, 15) is 17.6 Å². The van der Waals surface area contributed by atoms with Crippen molar-refractivity contribution in [3.05, 3.63) is 28.8 Å². The fourth-order valence-electron chi connectivity index (χ4n) is 3.99. The van der Waals surface area contributed by atoms with Crippen molar-refractivity contribution in [2.24, 2.45) is 5.92 Å². The van der Waals surface area contributed by atoms with Gasteiger partial charge in [0.05, 0.1) is 0 Å². The minimum absolute atomic E-state index is 0.400. The molecule has 0 aliphatic carbocycles. The lowest BCUT2D eigenvalue weighted by Crippen LogP contribution is -2.30. The highest BCUT2D eigenvalue weighted by atomic mass is 19.2. The van der Waals surface area contributed by atoms with Crippen LogP contribution >= 0.6 is 0 Å². The summed E-state index contributed by atoms with van der Waals surface area (Å²) in [4.78, 5) is 1.61. The lowest BCUT2D eigenvalue weighted by molar-refractivity contribution is 0.408. The monoisotopic (exact) mass is 431 g/mol. The molecular weight excluding hydrogens is 390 g/mol. The fourth-order valence-corrected chi connectivity index (χ4v) is 3.99. The van der Waals surface area contributed by atoms with Gasteiger partial charge in [-0.05, 0) is 25.7 Å². The van der Waals surface area contributed by atoms with E-state index in [0.29, 0.717) is 19.0 Å².